The Morgan fingerprint density at radius 1 is 1.16 bits per heavy atom. The van der Waals surface area contributed by atoms with Crippen molar-refractivity contribution in [2.75, 3.05) is 33.4 Å². The fourth-order valence-electron chi connectivity index (χ4n) is 1.24. The maximum Gasteiger partial charge on any atom is 0.211 e. The van der Waals surface area contributed by atoms with Crippen molar-refractivity contribution in [2.24, 2.45) is 0 Å². The topological polar surface area (TPSA) is 40.6 Å². The third-order valence-electron chi connectivity index (χ3n) is 2.82. The van der Waals surface area contributed by atoms with Crippen molar-refractivity contribution in [1.82, 2.24) is 9.21 Å². The average molecular weight is 284 g/mol. The van der Waals surface area contributed by atoms with Gasteiger partial charge < -0.3 is 4.90 Å². The highest BCUT2D eigenvalue weighted by Crippen LogP contribution is 2.03. The maximum absolute atomic E-state index is 11.3. The van der Waals surface area contributed by atoms with Crippen LogP contribution in [0.2, 0.25) is 0 Å². The maximum atomic E-state index is 11.3. The van der Waals surface area contributed by atoms with Crippen molar-refractivity contribution in [3.8, 4) is 11.8 Å². The highest BCUT2D eigenvalue weighted by atomic mass is 32.2. The minimum Gasteiger partial charge on any atom is -0.377 e. The van der Waals surface area contributed by atoms with Gasteiger partial charge in [0.15, 0.2) is 0 Å². The second-order valence-corrected chi connectivity index (χ2v) is 6.63. The molecule has 0 fully saturated rings. The first-order chi connectivity index (χ1) is 8.68. The van der Waals surface area contributed by atoms with Gasteiger partial charge in [0, 0.05) is 32.9 Å². The van der Waals surface area contributed by atoms with Crippen molar-refractivity contribution < 1.29 is 8.42 Å². The van der Waals surface area contributed by atoms with E-state index in [1.165, 1.54) is 10.6 Å². The summed E-state index contributed by atoms with van der Waals surface area (Å²) in [5.41, 5.74) is 2.07. The molecule has 19 heavy (non-hydrogen) atoms. The molecular weight excluding hydrogens is 260 g/mol. The lowest BCUT2D eigenvalue weighted by molar-refractivity contribution is 0.366. The molecule has 0 amide bonds. The van der Waals surface area contributed by atoms with Gasteiger partial charge in [-0.3, -0.25) is 0 Å². The Morgan fingerprint density at radius 2 is 1.74 bits per heavy atom. The van der Waals surface area contributed by atoms with E-state index in [9.17, 15) is 8.42 Å². The van der Waals surface area contributed by atoms with Crippen LogP contribution in [0.15, 0.2) is 23.4 Å². The van der Waals surface area contributed by atoms with Crippen LogP contribution in [-0.2, 0) is 10.0 Å². The van der Waals surface area contributed by atoms with Gasteiger partial charge in [-0.25, -0.2) is 12.7 Å². The van der Waals surface area contributed by atoms with Crippen LogP contribution >= 0.6 is 0 Å². The minimum atomic E-state index is -3.10. The second kappa shape index (κ2) is 8.03. The molecule has 108 valence electrons. The van der Waals surface area contributed by atoms with E-state index in [0.29, 0.717) is 13.1 Å². The van der Waals surface area contributed by atoms with Crippen LogP contribution in [0.4, 0.5) is 0 Å². The highest BCUT2D eigenvalue weighted by Gasteiger charge is 2.11. The van der Waals surface area contributed by atoms with Gasteiger partial charge in [-0.05, 0) is 38.5 Å². The molecule has 0 atom stereocenters. The standard InChI is InChI=1S/C14H24N2O2S/c1-7-8-13(2)9-10-14(3)15(4)11-12-16(5)19(6,17)18/h9-10H,11-12H2,1-6H3/b13-9+,14-10+. The molecule has 5 heteroatoms. The Bertz CT molecular complexity index is 507. The molecule has 0 radical (unpaired) electrons. The van der Waals surface area contributed by atoms with Gasteiger partial charge in [0.2, 0.25) is 10.0 Å². The zero-order valence-corrected chi connectivity index (χ0v) is 13.5. The highest BCUT2D eigenvalue weighted by molar-refractivity contribution is 7.88. The van der Waals surface area contributed by atoms with Crippen LogP contribution in [0.3, 0.4) is 0 Å². The zero-order chi connectivity index (χ0) is 15.1. The molecule has 0 spiro atoms. The number of hydrogen-bond acceptors (Lipinski definition) is 3. The van der Waals surface area contributed by atoms with E-state index in [1.807, 2.05) is 37.9 Å². The predicted molar refractivity (Wildman–Crippen MR) is 81.1 cm³/mol. The summed E-state index contributed by atoms with van der Waals surface area (Å²) in [6, 6.07) is 0. The third-order valence-corrected chi connectivity index (χ3v) is 4.13. The molecule has 0 N–H and O–H groups in total. The molecular formula is C14H24N2O2S. The van der Waals surface area contributed by atoms with Crippen molar-refractivity contribution in [3.05, 3.63) is 23.4 Å². The summed E-state index contributed by atoms with van der Waals surface area (Å²) in [5.74, 6) is 5.81. The molecule has 0 aliphatic carbocycles. The van der Waals surface area contributed by atoms with E-state index in [4.69, 9.17) is 0 Å². The molecule has 0 saturated heterocycles. The molecule has 0 bridgehead atoms. The minimum absolute atomic E-state index is 0.470. The normalized spacial score (nSPS) is 13.2. The largest absolute Gasteiger partial charge is 0.377 e. The van der Waals surface area contributed by atoms with E-state index < -0.39 is 10.0 Å². The molecule has 0 heterocycles. The van der Waals surface area contributed by atoms with Gasteiger partial charge in [-0.15, -0.1) is 5.92 Å². The Balaban J connectivity index is 4.50. The van der Waals surface area contributed by atoms with E-state index in [2.05, 4.69) is 11.8 Å². The van der Waals surface area contributed by atoms with Gasteiger partial charge in [0.1, 0.15) is 0 Å². The molecule has 0 aromatic heterocycles. The summed E-state index contributed by atoms with van der Waals surface area (Å²) in [6.45, 7) is 6.87. The summed E-state index contributed by atoms with van der Waals surface area (Å²) in [4.78, 5) is 2.02. The van der Waals surface area contributed by atoms with Crippen LogP contribution in [0, 0.1) is 11.8 Å². The quantitative estimate of drug-likeness (QED) is 0.550. The smallest absolute Gasteiger partial charge is 0.211 e. The SMILES string of the molecule is CC#C/C(C)=C/C=C(\C)N(C)CCN(C)S(C)(=O)=O. The van der Waals surface area contributed by atoms with Crippen LogP contribution in [0.25, 0.3) is 0 Å². The number of nitrogens with zero attached hydrogens (tertiary/aromatic N) is 2. The zero-order valence-electron chi connectivity index (χ0n) is 12.7. The fourth-order valence-corrected chi connectivity index (χ4v) is 1.66. The predicted octanol–water partition coefficient (Wildman–Crippen LogP) is 1.68. The van der Waals surface area contributed by atoms with E-state index >= 15 is 0 Å². The van der Waals surface area contributed by atoms with Crippen molar-refractivity contribution in [1.29, 1.82) is 0 Å². The summed E-state index contributed by atoms with van der Waals surface area (Å²) in [5, 5.41) is 0. The first-order valence-electron chi connectivity index (χ1n) is 6.09. The lowest BCUT2D eigenvalue weighted by atomic mass is 10.2. The molecule has 0 aliphatic heterocycles. The Kier molecular flexibility index (Phi) is 7.50. The van der Waals surface area contributed by atoms with Crippen molar-refractivity contribution in [2.45, 2.75) is 20.8 Å². The number of rotatable bonds is 6. The number of hydrogen-bond donors (Lipinski definition) is 0. The van der Waals surface area contributed by atoms with Crippen LogP contribution < -0.4 is 0 Å². The molecule has 0 saturated carbocycles. The molecule has 4 nitrogen and oxygen atoms in total. The number of sulfonamides is 1. The van der Waals surface area contributed by atoms with Crippen LogP contribution in [0.1, 0.15) is 20.8 Å². The van der Waals surface area contributed by atoms with E-state index in [0.717, 1.165) is 11.3 Å². The van der Waals surface area contributed by atoms with Crippen LogP contribution in [0.5, 0.6) is 0 Å². The van der Waals surface area contributed by atoms with Crippen molar-refractivity contribution >= 4 is 10.0 Å². The molecule has 0 aromatic rings. The summed E-state index contributed by atoms with van der Waals surface area (Å²) in [6.07, 6.45) is 5.16. The number of allylic oxidation sites excluding steroid dienone is 4. The Labute approximate surface area is 117 Å². The first-order valence-corrected chi connectivity index (χ1v) is 7.93. The molecule has 0 unspecified atom stereocenters. The van der Waals surface area contributed by atoms with Gasteiger partial charge in [0.05, 0.1) is 6.26 Å². The van der Waals surface area contributed by atoms with Crippen LogP contribution in [-0.4, -0.2) is 51.1 Å². The fraction of sp³-hybridized carbons (Fsp3) is 0.571. The molecule has 0 aliphatic rings. The number of likely N-dealkylation sites (N-methyl/N-ethyl adjacent to an activating group) is 2. The van der Waals surface area contributed by atoms with Gasteiger partial charge in [0.25, 0.3) is 0 Å². The summed E-state index contributed by atoms with van der Waals surface area (Å²) < 4.78 is 23.9. The average Bonchev–Trinajstić information content (AvgIpc) is 2.31. The monoisotopic (exact) mass is 284 g/mol. The van der Waals surface area contributed by atoms with Gasteiger partial charge in [-0.1, -0.05) is 5.92 Å². The lowest BCUT2D eigenvalue weighted by Gasteiger charge is -2.22. The third kappa shape index (κ3) is 7.70. The molecule has 0 aromatic carbocycles. The second-order valence-electron chi connectivity index (χ2n) is 4.54. The molecule has 0 rings (SSSR count). The van der Waals surface area contributed by atoms with E-state index in [-0.39, 0.29) is 0 Å². The van der Waals surface area contributed by atoms with Crippen molar-refractivity contribution in [3.63, 3.8) is 0 Å². The summed E-state index contributed by atoms with van der Waals surface area (Å²) >= 11 is 0. The first kappa shape index (κ1) is 17.8. The van der Waals surface area contributed by atoms with Gasteiger partial charge in [-0.2, -0.15) is 0 Å². The Morgan fingerprint density at radius 3 is 2.21 bits per heavy atom. The Hall–Kier alpha value is -1.25. The lowest BCUT2D eigenvalue weighted by Crippen LogP contribution is -2.33. The van der Waals surface area contributed by atoms with Gasteiger partial charge >= 0.3 is 0 Å². The van der Waals surface area contributed by atoms with E-state index in [1.54, 1.807) is 14.0 Å². The summed E-state index contributed by atoms with van der Waals surface area (Å²) in [7, 11) is 0.427.